The maximum absolute atomic E-state index is 14.3. The van der Waals surface area contributed by atoms with Crippen molar-refractivity contribution in [3.8, 4) is 23.7 Å². The van der Waals surface area contributed by atoms with Gasteiger partial charge in [-0.05, 0) is 67.8 Å². The van der Waals surface area contributed by atoms with Gasteiger partial charge in [0.15, 0.2) is 0 Å². The van der Waals surface area contributed by atoms with Crippen LogP contribution in [-0.4, -0.2) is 0 Å². The molecule has 0 aromatic heterocycles. The highest BCUT2D eigenvalue weighted by molar-refractivity contribution is 5.49. The molecule has 0 N–H and O–H groups in total. The molecule has 0 bridgehead atoms. The maximum Gasteiger partial charge on any atom is 0.140 e. The molecule has 0 atom stereocenters. The van der Waals surface area contributed by atoms with Gasteiger partial charge >= 0.3 is 0 Å². The van der Waals surface area contributed by atoms with Crippen molar-refractivity contribution in [1.82, 2.24) is 0 Å². The van der Waals surface area contributed by atoms with E-state index < -0.39 is 5.82 Å². The van der Waals surface area contributed by atoms with Gasteiger partial charge in [0.2, 0.25) is 0 Å². The fraction of sp³-hybridized carbons (Fsp3) is 0.185. The number of hydrogen-bond acceptors (Lipinski definition) is 0. The first-order valence-corrected chi connectivity index (χ1v) is 9.74. The molecular weight excluding hydrogens is 362 g/mol. The molecule has 29 heavy (non-hydrogen) atoms. The van der Waals surface area contributed by atoms with E-state index >= 15 is 0 Å². The van der Waals surface area contributed by atoms with E-state index in [0.29, 0.717) is 22.3 Å². The third-order valence-electron chi connectivity index (χ3n) is 4.57. The Labute approximate surface area is 171 Å². The summed E-state index contributed by atoms with van der Waals surface area (Å²) in [5, 5.41) is 0. The SMILES string of the molecule is CCCCc1ccc(C#Cc2ccc(C#Cc3ccc(C)cc3)c(F)c2)cc1F. The summed E-state index contributed by atoms with van der Waals surface area (Å²) in [4.78, 5) is 0. The summed E-state index contributed by atoms with van der Waals surface area (Å²) in [7, 11) is 0. The van der Waals surface area contributed by atoms with Gasteiger partial charge in [0, 0.05) is 16.7 Å². The second kappa shape index (κ2) is 9.72. The molecule has 0 spiro atoms. The Bertz CT molecular complexity index is 1120. The van der Waals surface area contributed by atoms with Crippen LogP contribution in [0.5, 0.6) is 0 Å². The van der Waals surface area contributed by atoms with E-state index in [1.54, 1.807) is 24.3 Å². The van der Waals surface area contributed by atoms with Crippen LogP contribution in [0.1, 0.15) is 53.1 Å². The Morgan fingerprint density at radius 2 is 1.28 bits per heavy atom. The molecule has 0 heterocycles. The zero-order valence-electron chi connectivity index (χ0n) is 16.7. The highest BCUT2D eigenvalue weighted by Crippen LogP contribution is 2.14. The standard InChI is InChI=1S/C27H22F2/c1-3-4-5-24-16-13-22(18-26(24)28)10-11-23-14-17-25(27(29)19-23)15-12-21-8-6-20(2)7-9-21/h6-9,13-14,16-19H,3-5H2,1-2H3. The Hall–Kier alpha value is -3.36. The van der Waals surface area contributed by atoms with Crippen molar-refractivity contribution in [3.63, 3.8) is 0 Å². The second-order valence-corrected chi connectivity index (χ2v) is 6.97. The van der Waals surface area contributed by atoms with Crippen LogP contribution in [0.25, 0.3) is 0 Å². The molecule has 0 unspecified atom stereocenters. The Morgan fingerprint density at radius 1 is 0.690 bits per heavy atom. The monoisotopic (exact) mass is 384 g/mol. The van der Waals surface area contributed by atoms with Gasteiger partial charge < -0.3 is 0 Å². The highest BCUT2D eigenvalue weighted by Gasteiger charge is 2.03. The van der Waals surface area contributed by atoms with Crippen molar-refractivity contribution in [2.24, 2.45) is 0 Å². The number of hydrogen-bond donors (Lipinski definition) is 0. The molecule has 3 rings (SSSR count). The minimum absolute atomic E-state index is 0.238. The third kappa shape index (κ3) is 5.81. The Kier molecular flexibility index (Phi) is 6.83. The van der Waals surface area contributed by atoms with E-state index in [1.807, 2.05) is 31.2 Å². The lowest BCUT2D eigenvalue weighted by atomic mass is 10.1. The molecule has 3 aromatic carbocycles. The predicted molar refractivity (Wildman–Crippen MR) is 115 cm³/mol. The van der Waals surface area contributed by atoms with Gasteiger partial charge in [-0.15, -0.1) is 0 Å². The molecule has 0 aliphatic carbocycles. The van der Waals surface area contributed by atoms with Gasteiger partial charge in [-0.2, -0.15) is 0 Å². The molecule has 3 aromatic rings. The quantitative estimate of drug-likeness (QED) is 0.457. The molecule has 2 heteroatoms. The zero-order chi connectivity index (χ0) is 20.6. The maximum atomic E-state index is 14.3. The van der Waals surface area contributed by atoms with Crippen LogP contribution in [0, 0.1) is 42.2 Å². The van der Waals surface area contributed by atoms with Gasteiger partial charge in [0.1, 0.15) is 11.6 Å². The number of halogens is 2. The zero-order valence-corrected chi connectivity index (χ0v) is 16.7. The molecule has 0 radical (unpaired) electrons. The van der Waals surface area contributed by atoms with Crippen LogP contribution >= 0.6 is 0 Å². The van der Waals surface area contributed by atoms with Crippen LogP contribution < -0.4 is 0 Å². The minimum atomic E-state index is -0.419. The normalized spacial score (nSPS) is 9.93. The lowest BCUT2D eigenvalue weighted by Gasteiger charge is -2.02. The topological polar surface area (TPSA) is 0 Å². The van der Waals surface area contributed by atoms with Gasteiger partial charge in [0.25, 0.3) is 0 Å². The molecule has 0 saturated heterocycles. The van der Waals surface area contributed by atoms with Crippen LogP contribution in [-0.2, 0) is 6.42 Å². The molecule has 0 saturated carbocycles. The predicted octanol–water partition coefficient (Wildman–Crippen LogP) is 6.42. The summed E-state index contributed by atoms with van der Waals surface area (Å²) in [5.74, 6) is 11.0. The summed E-state index contributed by atoms with van der Waals surface area (Å²) in [6, 6.07) is 17.5. The largest absolute Gasteiger partial charge is 0.207 e. The lowest BCUT2D eigenvalue weighted by molar-refractivity contribution is 0.603. The second-order valence-electron chi connectivity index (χ2n) is 6.97. The summed E-state index contributed by atoms with van der Waals surface area (Å²) >= 11 is 0. The van der Waals surface area contributed by atoms with Crippen LogP contribution in [0.3, 0.4) is 0 Å². The fourth-order valence-corrected chi connectivity index (χ4v) is 2.81. The first kappa shape index (κ1) is 20.4. The summed E-state index contributed by atoms with van der Waals surface area (Å²) in [5.41, 5.74) is 4.12. The van der Waals surface area contributed by atoms with Gasteiger partial charge in [0.05, 0.1) is 5.56 Å². The van der Waals surface area contributed by atoms with E-state index in [0.717, 1.165) is 30.4 Å². The lowest BCUT2D eigenvalue weighted by Crippen LogP contribution is -1.91. The van der Waals surface area contributed by atoms with Crippen LogP contribution in [0.2, 0.25) is 0 Å². The smallest absolute Gasteiger partial charge is 0.140 e. The van der Waals surface area contributed by atoms with Gasteiger partial charge in [-0.1, -0.05) is 60.8 Å². The van der Waals surface area contributed by atoms with E-state index in [-0.39, 0.29) is 5.82 Å². The van der Waals surface area contributed by atoms with Crippen LogP contribution in [0.15, 0.2) is 60.7 Å². The number of benzene rings is 3. The molecule has 0 aliphatic rings. The molecule has 0 aliphatic heterocycles. The van der Waals surface area contributed by atoms with Crippen molar-refractivity contribution in [2.75, 3.05) is 0 Å². The van der Waals surface area contributed by atoms with Crippen molar-refractivity contribution < 1.29 is 8.78 Å². The van der Waals surface area contributed by atoms with E-state index in [1.165, 1.54) is 12.1 Å². The minimum Gasteiger partial charge on any atom is -0.207 e. The van der Waals surface area contributed by atoms with Crippen LogP contribution in [0.4, 0.5) is 8.78 Å². The molecular formula is C27H22F2. The number of unbranched alkanes of at least 4 members (excludes halogenated alkanes) is 1. The first-order valence-electron chi connectivity index (χ1n) is 9.74. The average molecular weight is 384 g/mol. The number of aryl methyl sites for hydroxylation is 2. The molecule has 0 fully saturated rings. The van der Waals surface area contributed by atoms with Crippen molar-refractivity contribution in [2.45, 2.75) is 33.1 Å². The Balaban J connectivity index is 1.75. The third-order valence-corrected chi connectivity index (χ3v) is 4.57. The Morgan fingerprint density at radius 3 is 1.90 bits per heavy atom. The highest BCUT2D eigenvalue weighted by atomic mass is 19.1. The fourth-order valence-electron chi connectivity index (χ4n) is 2.81. The molecule has 0 amide bonds. The number of rotatable bonds is 3. The molecule has 0 nitrogen and oxygen atoms in total. The first-order chi connectivity index (χ1) is 14.0. The van der Waals surface area contributed by atoms with E-state index in [2.05, 4.69) is 30.6 Å². The van der Waals surface area contributed by atoms with Crippen molar-refractivity contribution in [1.29, 1.82) is 0 Å². The average Bonchev–Trinajstić information content (AvgIpc) is 2.72. The summed E-state index contributed by atoms with van der Waals surface area (Å²) in [6.45, 7) is 4.09. The van der Waals surface area contributed by atoms with Crippen molar-refractivity contribution >= 4 is 0 Å². The van der Waals surface area contributed by atoms with Gasteiger partial charge in [-0.3, -0.25) is 0 Å². The molecule has 144 valence electrons. The summed E-state index contributed by atoms with van der Waals surface area (Å²) in [6.07, 6.45) is 2.71. The van der Waals surface area contributed by atoms with E-state index in [9.17, 15) is 8.78 Å². The van der Waals surface area contributed by atoms with Gasteiger partial charge in [-0.25, -0.2) is 8.78 Å². The summed E-state index contributed by atoms with van der Waals surface area (Å²) < 4.78 is 28.5. The van der Waals surface area contributed by atoms with E-state index in [4.69, 9.17) is 0 Å². The van der Waals surface area contributed by atoms with Crippen molar-refractivity contribution in [3.05, 3.63) is 106 Å².